The van der Waals surface area contributed by atoms with Gasteiger partial charge in [0.25, 0.3) is 0 Å². The summed E-state index contributed by atoms with van der Waals surface area (Å²) in [5, 5.41) is 0. The van der Waals surface area contributed by atoms with Crippen molar-refractivity contribution < 1.29 is 12.5 Å². The number of hydrogen-bond donors (Lipinski definition) is 0. The number of fused-ring (bicyclic) bond motifs is 1. The molecule has 0 aromatic heterocycles. The topological polar surface area (TPSA) is 27.7 Å². The van der Waals surface area contributed by atoms with E-state index in [9.17, 15) is 0 Å². The zero-order valence-electron chi connectivity index (χ0n) is 7.61. The van der Waals surface area contributed by atoms with Crippen molar-refractivity contribution in [1.29, 1.82) is 0 Å². The number of hydrogen-bond acceptors (Lipinski definition) is 3. The molecule has 13 heavy (non-hydrogen) atoms. The van der Waals surface area contributed by atoms with E-state index < -0.39 is 11.7 Å². The largest absolute Gasteiger partial charge is 0.509 e. The molecule has 2 bridgehead atoms. The van der Waals surface area contributed by atoms with Gasteiger partial charge in [0.1, 0.15) is 0 Å². The molecule has 3 nitrogen and oxygen atoms in total. The molecule has 2 heterocycles. The first kappa shape index (κ1) is 8.53. The maximum atomic E-state index is 5.61. The van der Waals surface area contributed by atoms with Crippen LogP contribution in [0.3, 0.4) is 0 Å². The van der Waals surface area contributed by atoms with Crippen LogP contribution < -0.4 is 0 Å². The van der Waals surface area contributed by atoms with Gasteiger partial charge in [0, 0.05) is 0 Å². The van der Waals surface area contributed by atoms with E-state index >= 15 is 0 Å². The van der Waals surface area contributed by atoms with Gasteiger partial charge >= 0.3 is 11.7 Å². The molecular formula is C9H15O3S+. The minimum atomic E-state index is -0.596. The lowest BCUT2D eigenvalue weighted by atomic mass is 10.0. The summed E-state index contributed by atoms with van der Waals surface area (Å²) in [6.07, 6.45) is 8.49. The monoisotopic (exact) mass is 203 g/mol. The lowest BCUT2D eigenvalue weighted by Crippen LogP contribution is -2.36. The summed E-state index contributed by atoms with van der Waals surface area (Å²) < 4.78 is 16.8. The van der Waals surface area contributed by atoms with Crippen molar-refractivity contribution in [3.8, 4) is 0 Å². The number of rotatable bonds is 0. The van der Waals surface area contributed by atoms with Crippen LogP contribution >= 0.6 is 0 Å². The molecule has 3 rings (SSSR count). The third-order valence-corrected chi connectivity index (χ3v) is 4.24. The molecule has 0 aromatic rings. The molecule has 0 amide bonds. The lowest BCUT2D eigenvalue weighted by Gasteiger charge is -2.15. The molecule has 2 atom stereocenters. The van der Waals surface area contributed by atoms with Crippen LogP contribution in [0.15, 0.2) is 0 Å². The molecule has 2 unspecified atom stereocenters. The molecule has 0 aromatic carbocycles. The summed E-state index contributed by atoms with van der Waals surface area (Å²) in [4.78, 5) is 0. The summed E-state index contributed by atoms with van der Waals surface area (Å²) >= 11 is -0.596. The molecule has 0 spiro atoms. The zero-order valence-corrected chi connectivity index (χ0v) is 8.42. The van der Waals surface area contributed by atoms with Crippen LogP contribution in [0.25, 0.3) is 0 Å². The Hall–Kier alpha value is 0.230. The van der Waals surface area contributed by atoms with Crippen molar-refractivity contribution in [2.75, 3.05) is 0 Å². The maximum Gasteiger partial charge on any atom is 0.509 e. The van der Waals surface area contributed by atoms with Gasteiger partial charge in [-0.3, -0.25) is 0 Å². The summed E-state index contributed by atoms with van der Waals surface area (Å²) in [7, 11) is 0. The first-order chi connectivity index (χ1) is 6.43. The predicted molar refractivity (Wildman–Crippen MR) is 49.7 cm³/mol. The molecule has 0 radical (unpaired) electrons. The molecule has 3 aliphatic rings. The van der Waals surface area contributed by atoms with Crippen molar-refractivity contribution in [1.82, 2.24) is 0 Å². The summed E-state index contributed by atoms with van der Waals surface area (Å²) in [6.45, 7) is 0. The van der Waals surface area contributed by atoms with E-state index in [2.05, 4.69) is 0 Å². The summed E-state index contributed by atoms with van der Waals surface area (Å²) in [5.41, 5.74) is 0. The highest BCUT2D eigenvalue weighted by molar-refractivity contribution is 7.83. The second kappa shape index (κ2) is 3.42. The third kappa shape index (κ3) is 1.50. The Morgan fingerprint density at radius 3 is 1.92 bits per heavy atom. The van der Waals surface area contributed by atoms with Crippen molar-refractivity contribution in [2.45, 2.75) is 56.8 Å². The van der Waals surface area contributed by atoms with Crippen LogP contribution in [0.1, 0.15) is 38.5 Å². The van der Waals surface area contributed by atoms with Crippen LogP contribution in [0.5, 0.6) is 0 Å². The van der Waals surface area contributed by atoms with Crippen LogP contribution in [-0.4, -0.2) is 18.3 Å². The first-order valence-corrected chi connectivity index (χ1v) is 6.19. The first-order valence-electron chi connectivity index (χ1n) is 5.19. The van der Waals surface area contributed by atoms with Crippen molar-refractivity contribution >= 4 is 11.7 Å². The molecule has 0 N–H and O–H groups in total. The summed E-state index contributed by atoms with van der Waals surface area (Å²) in [5.74, 6) is 0. The Kier molecular flexibility index (Phi) is 2.25. The van der Waals surface area contributed by atoms with Gasteiger partial charge in [-0.2, -0.15) is 0 Å². The van der Waals surface area contributed by atoms with Crippen LogP contribution in [-0.2, 0) is 24.3 Å². The van der Waals surface area contributed by atoms with Gasteiger partial charge in [0.05, 0.1) is 0 Å². The maximum absolute atomic E-state index is 5.61. The van der Waals surface area contributed by atoms with E-state index in [1.54, 1.807) is 0 Å². The Balaban J connectivity index is 1.74. The van der Waals surface area contributed by atoms with Crippen molar-refractivity contribution in [3.05, 3.63) is 0 Å². The van der Waals surface area contributed by atoms with Crippen LogP contribution in [0.4, 0.5) is 0 Å². The van der Waals surface area contributed by atoms with Gasteiger partial charge in [0.15, 0.2) is 18.3 Å². The SMILES string of the molecule is C1CCCC2O[S+]3OC(CC1)C2O3. The summed E-state index contributed by atoms with van der Waals surface area (Å²) in [6, 6.07) is 0. The van der Waals surface area contributed by atoms with E-state index in [1.165, 1.54) is 25.7 Å². The van der Waals surface area contributed by atoms with Gasteiger partial charge in [-0.05, 0) is 12.8 Å². The quantitative estimate of drug-likeness (QED) is 0.563. The lowest BCUT2D eigenvalue weighted by molar-refractivity contribution is 0.0405. The van der Waals surface area contributed by atoms with E-state index in [1.807, 2.05) is 0 Å². The average molecular weight is 203 g/mol. The van der Waals surface area contributed by atoms with Crippen LogP contribution in [0, 0.1) is 0 Å². The van der Waals surface area contributed by atoms with Gasteiger partial charge in [-0.1, -0.05) is 29.9 Å². The second-order valence-corrected chi connectivity index (χ2v) is 5.01. The minimum Gasteiger partial charge on any atom is -0.103 e. The van der Waals surface area contributed by atoms with Crippen LogP contribution in [0.2, 0.25) is 0 Å². The van der Waals surface area contributed by atoms with Gasteiger partial charge in [-0.15, -0.1) is 8.37 Å². The molecule has 2 aliphatic heterocycles. The highest BCUT2D eigenvalue weighted by Crippen LogP contribution is 2.40. The predicted octanol–water partition coefficient (Wildman–Crippen LogP) is 1.89. The Morgan fingerprint density at radius 1 is 0.769 bits per heavy atom. The highest BCUT2D eigenvalue weighted by atomic mass is 32.3. The molecule has 1 saturated carbocycles. The average Bonchev–Trinajstić information content (AvgIpc) is 2.66. The zero-order chi connectivity index (χ0) is 8.67. The Morgan fingerprint density at radius 2 is 1.38 bits per heavy atom. The highest BCUT2D eigenvalue weighted by Gasteiger charge is 2.62. The minimum absolute atomic E-state index is 0.251. The molecule has 4 heteroatoms. The normalized spacial score (nSPS) is 49.8. The molecule has 74 valence electrons. The standard InChI is InChI=1S/C9H15O3S/c1-2-4-6-8-9-7(5-3-1)10-13(11-8)12-9/h7-9H,1-6H2/q+1. The third-order valence-electron chi connectivity index (χ3n) is 3.05. The van der Waals surface area contributed by atoms with E-state index in [4.69, 9.17) is 12.5 Å². The molecule has 2 saturated heterocycles. The van der Waals surface area contributed by atoms with Crippen molar-refractivity contribution in [3.63, 3.8) is 0 Å². The Bertz CT molecular complexity index is 179. The second-order valence-electron chi connectivity index (χ2n) is 4.03. The van der Waals surface area contributed by atoms with E-state index in [0.29, 0.717) is 12.2 Å². The smallest absolute Gasteiger partial charge is 0.103 e. The fraction of sp³-hybridized carbons (Fsp3) is 1.00. The van der Waals surface area contributed by atoms with Gasteiger partial charge in [-0.25, -0.2) is 0 Å². The fourth-order valence-corrected chi connectivity index (χ4v) is 3.68. The van der Waals surface area contributed by atoms with E-state index in [-0.39, 0.29) is 6.10 Å². The van der Waals surface area contributed by atoms with Gasteiger partial charge in [0.2, 0.25) is 0 Å². The molecule has 1 aliphatic carbocycles. The van der Waals surface area contributed by atoms with Crippen molar-refractivity contribution in [2.24, 2.45) is 0 Å². The molecular weight excluding hydrogens is 188 g/mol. The Labute approximate surface area is 81.7 Å². The van der Waals surface area contributed by atoms with Gasteiger partial charge < -0.3 is 0 Å². The van der Waals surface area contributed by atoms with E-state index in [0.717, 1.165) is 12.8 Å². The fourth-order valence-electron chi connectivity index (χ4n) is 2.30. The molecule has 3 fully saturated rings.